The largest absolute Gasteiger partial charge is 0.344 e. The predicted octanol–water partition coefficient (Wildman–Crippen LogP) is 3.27. The number of hydrogen-bond acceptors (Lipinski definition) is 7. The Balaban J connectivity index is 1.80. The molecule has 0 aliphatic carbocycles. The number of pyridine rings is 1. The number of rotatable bonds is 12. The Bertz CT molecular complexity index is 1170. The molecule has 11 heteroatoms. The summed E-state index contributed by atoms with van der Waals surface area (Å²) in [6, 6.07) is 6.89. The normalized spacial score (nSPS) is 17.7. The molecule has 3 rings (SSSR count). The highest BCUT2D eigenvalue weighted by Gasteiger charge is 2.38. The third kappa shape index (κ3) is 7.94. The Hall–Kier alpha value is -2.63. The number of amides is 2. The fourth-order valence-corrected chi connectivity index (χ4v) is 6.68. The lowest BCUT2D eigenvalue weighted by atomic mass is 9.99. The molecule has 1 fully saturated rings. The molecule has 9 nitrogen and oxygen atoms in total. The second-order valence-corrected chi connectivity index (χ2v) is 12.9. The summed E-state index contributed by atoms with van der Waals surface area (Å²) in [5.41, 5.74) is 0. The van der Waals surface area contributed by atoms with E-state index in [1.54, 1.807) is 17.0 Å². The fraction of sp³-hybridized carbons (Fsp3) is 0.556. The molecular formula is C27H38N4O5S2. The standard InChI is InChI=1S/C27H38N4O5S2/c1-4-5-15-31(27(34)22(17-20(2)3)29-25(33)18-21-10-9-16-37-21)23-11-8-14-30(19-24(23)32)38(35,36)26-12-6-7-13-28-26/h6-7,9-10,12-13,16,20,22-23H,4-5,8,11,14-15,17-19H2,1-3H3,(H,29,33)/t22-,23?/m0/s1. The quantitative estimate of drug-likeness (QED) is 0.424. The molecule has 2 aromatic heterocycles. The summed E-state index contributed by atoms with van der Waals surface area (Å²) < 4.78 is 27.4. The summed E-state index contributed by atoms with van der Waals surface area (Å²) in [7, 11) is -3.94. The van der Waals surface area contributed by atoms with Gasteiger partial charge in [0.2, 0.25) is 11.8 Å². The summed E-state index contributed by atoms with van der Waals surface area (Å²) >= 11 is 1.48. The molecule has 38 heavy (non-hydrogen) atoms. The molecular weight excluding hydrogens is 524 g/mol. The Labute approximate surface area is 229 Å². The highest BCUT2D eigenvalue weighted by Crippen LogP contribution is 2.22. The average molecular weight is 563 g/mol. The van der Waals surface area contributed by atoms with Crippen LogP contribution in [0, 0.1) is 5.92 Å². The molecule has 3 heterocycles. The summed E-state index contributed by atoms with van der Waals surface area (Å²) in [5.74, 6) is -0.699. The number of aromatic nitrogens is 1. The zero-order chi connectivity index (χ0) is 27.7. The van der Waals surface area contributed by atoms with Crippen LogP contribution in [0.4, 0.5) is 0 Å². The topological polar surface area (TPSA) is 117 Å². The molecule has 1 saturated heterocycles. The third-order valence-electron chi connectivity index (χ3n) is 6.50. The van der Waals surface area contributed by atoms with Crippen molar-refractivity contribution in [1.82, 2.24) is 19.5 Å². The highest BCUT2D eigenvalue weighted by atomic mass is 32.2. The van der Waals surface area contributed by atoms with E-state index in [0.717, 1.165) is 15.6 Å². The van der Waals surface area contributed by atoms with Crippen LogP contribution in [0.25, 0.3) is 0 Å². The fourth-order valence-electron chi connectivity index (χ4n) is 4.60. The van der Waals surface area contributed by atoms with Gasteiger partial charge in [-0.3, -0.25) is 14.4 Å². The minimum Gasteiger partial charge on any atom is -0.344 e. The SMILES string of the molecule is CCCCN(C(=O)[C@H](CC(C)C)NC(=O)Cc1cccs1)C1CCCN(S(=O)(=O)c2ccccn2)CC1=O. The van der Waals surface area contributed by atoms with Crippen molar-refractivity contribution in [2.75, 3.05) is 19.6 Å². The molecule has 1 N–H and O–H groups in total. The van der Waals surface area contributed by atoms with Gasteiger partial charge in [-0.1, -0.05) is 39.3 Å². The van der Waals surface area contributed by atoms with Crippen molar-refractivity contribution in [3.05, 3.63) is 46.8 Å². The number of carbonyl (C=O) groups excluding carboxylic acids is 3. The molecule has 1 aliphatic rings. The van der Waals surface area contributed by atoms with Crippen molar-refractivity contribution in [2.45, 2.75) is 76.4 Å². The van der Waals surface area contributed by atoms with E-state index in [9.17, 15) is 22.8 Å². The minimum atomic E-state index is -3.94. The summed E-state index contributed by atoms with van der Waals surface area (Å²) in [6.45, 7) is 6.20. The maximum atomic E-state index is 13.9. The molecule has 1 unspecified atom stereocenters. The van der Waals surface area contributed by atoms with Gasteiger partial charge >= 0.3 is 0 Å². The zero-order valence-corrected chi connectivity index (χ0v) is 24.0. The van der Waals surface area contributed by atoms with Crippen molar-refractivity contribution in [2.24, 2.45) is 5.92 Å². The molecule has 208 valence electrons. The van der Waals surface area contributed by atoms with Crippen molar-refractivity contribution in [1.29, 1.82) is 0 Å². The van der Waals surface area contributed by atoms with Gasteiger partial charge in [-0.15, -0.1) is 11.3 Å². The first kappa shape index (κ1) is 29.9. The van der Waals surface area contributed by atoms with Gasteiger partial charge in [0.25, 0.3) is 10.0 Å². The number of ketones is 1. The Morgan fingerprint density at radius 1 is 1.24 bits per heavy atom. The molecule has 2 aromatic rings. The van der Waals surface area contributed by atoms with Gasteiger partial charge in [-0.05, 0) is 55.2 Å². The van der Waals surface area contributed by atoms with Crippen molar-refractivity contribution < 1.29 is 22.8 Å². The van der Waals surface area contributed by atoms with E-state index >= 15 is 0 Å². The first-order chi connectivity index (χ1) is 18.1. The van der Waals surface area contributed by atoms with Crippen LogP contribution in [0.15, 0.2) is 46.9 Å². The van der Waals surface area contributed by atoms with Gasteiger partial charge in [0.05, 0.1) is 19.0 Å². The van der Waals surface area contributed by atoms with E-state index in [1.165, 1.54) is 23.6 Å². The van der Waals surface area contributed by atoms with Crippen LogP contribution in [0.3, 0.4) is 0 Å². The Morgan fingerprint density at radius 2 is 2.03 bits per heavy atom. The number of hydrogen-bond donors (Lipinski definition) is 1. The van der Waals surface area contributed by atoms with Gasteiger partial charge in [-0.2, -0.15) is 4.31 Å². The van der Waals surface area contributed by atoms with Gasteiger partial charge in [0.1, 0.15) is 6.04 Å². The molecule has 1 aliphatic heterocycles. The summed E-state index contributed by atoms with van der Waals surface area (Å²) in [5, 5.41) is 4.72. The number of carbonyl (C=O) groups is 3. The van der Waals surface area contributed by atoms with E-state index in [-0.39, 0.29) is 48.1 Å². The number of nitrogens with one attached hydrogen (secondary N) is 1. The van der Waals surface area contributed by atoms with Crippen LogP contribution in [0.5, 0.6) is 0 Å². The monoisotopic (exact) mass is 562 g/mol. The lowest BCUT2D eigenvalue weighted by molar-refractivity contribution is -0.143. The lowest BCUT2D eigenvalue weighted by Crippen LogP contribution is -2.55. The second-order valence-electron chi connectivity index (χ2n) is 10.0. The van der Waals surface area contributed by atoms with Crippen molar-refractivity contribution in [3.63, 3.8) is 0 Å². The Morgan fingerprint density at radius 3 is 2.66 bits per heavy atom. The molecule has 0 radical (unpaired) electrons. The van der Waals surface area contributed by atoms with E-state index in [4.69, 9.17) is 0 Å². The van der Waals surface area contributed by atoms with E-state index in [2.05, 4.69) is 10.3 Å². The molecule has 2 atom stereocenters. The van der Waals surface area contributed by atoms with E-state index in [0.29, 0.717) is 32.2 Å². The number of nitrogens with zero attached hydrogens (tertiary/aromatic N) is 3. The van der Waals surface area contributed by atoms with Crippen LogP contribution in [0.2, 0.25) is 0 Å². The minimum absolute atomic E-state index is 0.101. The van der Waals surface area contributed by atoms with E-state index in [1.807, 2.05) is 38.3 Å². The van der Waals surface area contributed by atoms with Crippen LogP contribution in [-0.4, -0.2) is 71.9 Å². The summed E-state index contributed by atoms with van der Waals surface area (Å²) in [6.07, 6.45) is 4.35. The number of thiophene rings is 1. The van der Waals surface area contributed by atoms with Gasteiger partial charge in [0, 0.05) is 24.2 Å². The number of Topliss-reactive ketones (excluding diaryl/α,β-unsaturated/α-hetero) is 1. The molecule has 0 spiro atoms. The van der Waals surface area contributed by atoms with Gasteiger partial charge in [-0.25, -0.2) is 13.4 Å². The average Bonchev–Trinajstić information content (AvgIpc) is 3.31. The number of sulfonamides is 1. The molecule has 0 aromatic carbocycles. The highest BCUT2D eigenvalue weighted by molar-refractivity contribution is 7.89. The van der Waals surface area contributed by atoms with Crippen molar-refractivity contribution in [3.8, 4) is 0 Å². The number of unbranched alkanes of at least 4 members (excludes halogenated alkanes) is 1. The molecule has 2 amide bonds. The predicted molar refractivity (Wildman–Crippen MR) is 147 cm³/mol. The Kier molecular flexibility index (Phi) is 11.0. The molecule has 0 bridgehead atoms. The van der Waals surface area contributed by atoms with Crippen molar-refractivity contribution >= 4 is 39.0 Å². The first-order valence-electron chi connectivity index (χ1n) is 13.2. The van der Waals surface area contributed by atoms with Crippen LogP contribution >= 0.6 is 11.3 Å². The van der Waals surface area contributed by atoms with E-state index < -0.39 is 22.1 Å². The molecule has 0 saturated carbocycles. The van der Waals surface area contributed by atoms with Gasteiger partial charge < -0.3 is 10.2 Å². The maximum absolute atomic E-state index is 13.9. The van der Waals surface area contributed by atoms with Crippen LogP contribution < -0.4 is 5.32 Å². The van der Waals surface area contributed by atoms with Crippen LogP contribution in [-0.2, 0) is 30.8 Å². The zero-order valence-electron chi connectivity index (χ0n) is 22.3. The van der Waals surface area contributed by atoms with Crippen LogP contribution in [0.1, 0.15) is 57.8 Å². The first-order valence-corrected chi connectivity index (χ1v) is 15.5. The summed E-state index contributed by atoms with van der Waals surface area (Å²) in [4.78, 5) is 46.6. The second kappa shape index (κ2) is 14.0. The van der Waals surface area contributed by atoms with Gasteiger partial charge in [0.15, 0.2) is 10.8 Å². The smallest absolute Gasteiger partial charge is 0.260 e. The lowest BCUT2D eigenvalue weighted by Gasteiger charge is -2.34. The third-order valence-corrected chi connectivity index (χ3v) is 9.14. The maximum Gasteiger partial charge on any atom is 0.260 e.